The van der Waals surface area contributed by atoms with Crippen molar-refractivity contribution in [1.82, 2.24) is 0 Å². The van der Waals surface area contributed by atoms with E-state index in [-0.39, 0.29) is 37.5 Å². The molecule has 0 fully saturated rings. The van der Waals surface area contributed by atoms with Crippen molar-refractivity contribution in [3.8, 4) is 0 Å². The lowest BCUT2D eigenvalue weighted by atomic mass is 10.0. The minimum absolute atomic E-state index is 0.102. The van der Waals surface area contributed by atoms with E-state index in [2.05, 4.69) is 148 Å². The molecule has 1 unspecified atom stereocenters. The molecule has 0 aliphatic rings. The lowest BCUT2D eigenvalue weighted by Gasteiger charge is -2.18. The van der Waals surface area contributed by atoms with Crippen molar-refractivity contribution < 1.29 is 28.6 Å². The van der Waals surface area contributed by atoms with Crippen molar-refractivity contribution >= 4 is 17.9 Å². The molecule has 0 bridgehead atoms. The fraction of sp³-hybridized carbons (Fsp3) is 0.675. The molecule has 0 heterocycles. The van der Waals surface area contributed by atoms with E-state index >= 15 is 0 Å². The van der Waals surface area contributed by atoms with Gasteiger partial charge in [0.15, 0.2) is 6.10 Å². The van der Waals surface area contributed by atoms with E-state index in [1.165, 1.54) is 167 Å². The van der Waals surface area contributed by atoms with Crippen molar-refractivity contribution in [3.63, 3.8) is 0 Å². The topological polar surface area (TPSA) is 78.9 Å². The molecule has 0 spiro atoms. The van der Waals surface area contributed by atoms with Crippen molar-refractivity contribution in [2.45, 2.75) is 322 Å². The van der Waals surface area contributed by atoms with Gasteiger partial charge in [-0.1, -0.05) is 309 Å². The number of rotatable bonds is 62. The number of hydrogen-bond acceptors (Lipinski definition) is 6. The van der Waals surface area contributed by atoms with Gasteiger partial charge < -0.3 is 14.2 Å². The van der Waals surface area contributed by atoms with E-state index in [0.29, 0.717) is 19.3 Å². The fourth-order valence-electron chi connectivity index (χ4n) is 9.52. The Labute approximate surface area is 513 Å². The third-order valence-electron chi connectivity index (χ3n) is 14.6. The molecule has 6 nitrogen and oxygen atoms in total. The van der Waals surface area contributed by atoms with E-state index in [1.54, 1.807) is 0 Å². The molecule has 0 radical (unpaired) electrons. The highest BCUT2D eigenvalue weighted by Gasteiger charge is 2.19. The Morgan fingerprint density at radius 3 is 0.819 bits per heavy atom. The largest absolute Gasteiger partial charge is 0.462 e. The Hall–Kier alpha value is -4.45. The Balaban J connectivity index is 4.21. The van der Waals surface area contributed by atoms with Crippen molar-refractivity contribution in [2.75, 3.05) is 13.2 Å². The maximum atomic E-state index is 12.9. The van der Waals surface area contributed by atoms with E-state index < -0.39 is 6.10 Å². The standard InChI is InChI=1S/C77H128O6/c1-4-7-10-13-16-19-22-25-27-29-30-31-32-33-34-35-36-37-38-39-40-41-42-43-44-45-46-48-49-52-55-58-61-64-67-70-76(79)82-73-74(72-81-75(78)69-66-63-60-57-54-51-24-21-18-15-12-9-6-3)83-77(80)71-68-65-62-59-56-53-50-47-28-26-23-20-17-14-11-8-5-2/h7,9-10,12,16,18-19,21,25-28,30-31,33-34,36-37,51,54,60,63,74H,4-6,8,11,13-15,17,20,22-24,29,32,35,38-50,52-53,55-59,61-62,64-73H2,1-3H3/b10-7-,12-9-,19-16-,21-18-,27-25-,28-26-,31-30-,34-33-,37-36-,54-51-,63-60-. The number of unbranched alkanes of at least 4 members (excludes halogenated alkanes) is 29. The summed E-state index contributed by atoms with van der Waals surface area (Å²) < 4.78 is 16.9. The Morgan fingerprint density at radius 1 is 0.253 bits per heavy atom. The number of hydrogen-bond donors (Lipinski definition) is 0. The zero-order valence-corrected chi connectivity index (χ0v) is 54.2. The molecule has 0 N–H and O–H groups in total. The van der Waals surface area contributed by atoms with Gasteiger partial charge in [0.1, 0.15) is 13.2 Å². The normalized spacial score (nSPS) is 13.0. The molecule has 1 atom stereocenters. The quantitative estimate of drug-likeness (QED) is 0.0261. The predicted molar refractivity (Wildman–Crippen MR) is 362 cm³/mol. The molecule has 0 amide bonds. The third-order valence-corrected chi connectivity index (χ3v) is 14.6. The minimum atomic E-state index is -0.812. The van der Waals surface area contributed by atoms with E-state index in [4.69, 9.17) is 14.2 Å². The summed E-state index contributed by atoms with van der Waals surface area (Å²) in [7, 11) is 0. The Morgan fingerprint density at radius 2 is 0.494 bits per heavy atom. The highest BCUT2D eigenvalue weighted by Crippen LogP contribution is 2.17. The molecule has 6 heteroatoms. The maximum absolute atomic E-state index is 12.9. The van der Waals surface area contributed by atoms with E-state index in [0.717, 1.165) is 103 Å². The summed E-state index contributed by atoms with van der Waals surface area (Å²) in [4.78, 5) is 38.3. The summed E-state index contributed by atoms with van der Waals surface area (Å²) in [6, 6.07) is 0. The molecule has 0 saturated heterocycles. The molecule has 472 valence electrons. The molecule has 0 saturated carbocycles. The maximum Gasteiger partial charge on any atom is 0.306 e. The van der Waals surface area contributed by atoms with Crippen LogP contribution in [0.15, 0.2) is 134 Å². The highest BCUT2D eigenvalue weighted by atomic mass is 16.6. The van der Waals surface area contributed by atoms with Gasteiger partial charge in [-0.25, -0.2) is 0 Å². The summed E-state index contributed by atoms with van der Waals surface area (Å²) in [5.74, 6) is -0.984. The second kappa shape index (κ2) is 70.0. The molecule has 0 aromatic heterocycles. The molecular formula is C77H128O6. The minimum Gasteiger partial charge on any atom is -0.462 e. The molecule has 0 aromatic rings. The van der Waals surface area contributed by atoms with Crippen LogP contribution >= 0.6 is 0 Å². The van der Waals surface area contributed by atoms with Crippen LogP contribution in [0.4, 0.5) is 0 Å². The van der Waals surface area contributed by atoms with Crippen LogP contribution < -0.4 is 0 Å². The lowest BCUT2D eigenvalue weighted by Crippen LogP contribution is -2.30. The smallest absolute Gasteiger partial charge is 0.306 e. The first-order chi connectivity index (χ1) is 41.0. The van der Waals surface area contributed by atoms with Crippen molar-refractivity contribution in [3.05, 3.63) is 134 Å². The number of ether oxygens (including phenoxy) is 3. The summed E-state index contributed by atoms with van der Waals surface area (Å²) >= 11 is 0. The third kappa shape index (κ3) is 68.2. The summed E-state index contributed by atoms with van der Waals surface area (Å²) in [5.41, 5.74) is 0. The van der Waals surface area contributed by atoms with Gasteiger partial charge in [-0.05, 0) is 122 Å². The van der Waals surface area contributed by atoms with Gasteiger partial charge in [0.05, 0.1) is 0 Å². The number of carbonyl (C=O) groups excluding carboxylic acids is 3. The van der Waals surface area contributed by atoms with E-state index in [1.807, 2.05) is 6.08 Å². The molecule has 0 rings (SSSR count). The second-order valence-electron chi connectivity index (χ2n) is 22.7. The summed E-state index contributed by atoms with van der Waals surface area (Å²) in [6.45, 7) is 6.36. The lowest BCUT2D eigenvalue weighted by molar-refractivity contribution is -0.166. The molecule has 83 heavy (non-hydrogen) atoms. The molecular weight excluding hydrogens is 1020 g/mol. The Bertz CT molecular complexity index is 1750. The Kier molecular flexibility index (Phi) is 66.3. The SMILES string of the molecule is CC/C=C\C/C=C\C/C=C\C/C=C\C/C=C\C/C=C\CCCCCCCCCCCCCCCCCCC(=O)OCC(COC(=O)CC/C=C\C/C=C\C/C=C\C/C=C\CC)OC(=O)CCCCCCCCC/C=C\CCCCCCCC. The van der Waals surface area contributed by atoms with Crippen LogP contribution in [0.25, 0.3) is 0 Å². The highest BCUT2D eigenvalue weighted by molar-refractivity contribution is 5.71. The van der Waals surface area contributed by atoms with Gasteiger partial charge >= 0.3 is 17.9 Å². The average molecular weight is 1150 g/mol. The molecule has 0 aromatic carbocycles. The number of esters is 3. The zero-order chi connectivity index (χ0) is 59.9. The fourth-order valence-corrected chi connectivity index (χ4v) is 9.52. The first-order valence-corrected chi connectivity index (χ1v) is 34.7. The molecule has 0 aliphatic heterocycles. The van der Waals surface area contributed by atoms with Crippen LogP contribution in [0, 0.1) is 0 Å². The van der Waals surface area contributed by atoms with Gasteiger partial charge in [0.2, 0.25) is 0 Å². The van der Waals surface area contributed by atoms with Crippen molar-refractivity contribution in [2.24, 2.45) is 0 Å². The monoisotopic (exact) mass is 1150 g/mol. The zero-order valence-electron chi connectivity index (χ0n) is 54.2. The first-order valence-electron chi connectivity index (χ1n) is 34.7. The second-order valence-corrected chi connectivity index (χ2v) is 22.7. The van der Waals surface area contributed by atoms with Crippen LogP contribution in [0.5, 0.6) is 0 Å². The summed E-state index contributed by atoms with van der Waals surface area (Å²) in [6.07, 6.45) is 99.3. The number of carbonyl (C=O) groups is 3. The van der Waals surface area contributed by atoms with Gasteiger partial charge in [-0.3, -0.25) is 14.4 Å². The molecule has 0 aliphatic carbocycles. The van der Waals surface area contributed by atoms with Gasteiger partial charge in [0.25, 0.3) is 0 Å². The van der Waals surface area contributed by atoms with Crippen LogP contribution in [-0.4, -0.2) is 37.2 Å². The number of allylic oxidation sites excluding steroid dienone is 22. The van der Waals surface area contributed by atoms with Crippen LogP contribution in [0.3, 0.4) is 0 Å². The van der Waals surface area contributed by atoms with Crippen LogP contribution in [-0.2, 0) is 28.6 Å². The van der Waals surface area contributed by atoms with Gasteiger partial charge in [-0.2, -0.15) is 0 Å². The van der Waals surface area contributed by atoms with E-state index in [9.17, 15) is 14.4 Å². The van der Waals surface area contributed by atoms with Gasteiger partial charge in [0, 0.05) is 19.3 Å². The first kappa shape index (κ1) is 78.5. The van der Waals surface area contributed by atoms with Crippen molar-refractivity contribution in [1.29, 1.82) is 0 Å². The van der Waals surface area contributed by atoms with Crippen LogP contribution in [0.1, 0.15) is 316 Å². The average Bonchev–Trinajstić information content (AvgIpc) is 3.49. The predicted octanol–water partition coefficient (Wildman–Crippen LogP) is 24.1. The summed E-state index contributed by atoms with van der Waals surface area (Å²) in [5, 5.41) is 0. The van der Waals surface area contributed by atoms with Gasteiger partial charge in [-0.15, -0.1) is 0 Å². The van der Waals surface area contributed by atoms with Crippen LogP contribution in [0.2, 0.25) is 0 Å².